The first-order valence-corrected chi connectivity index (χ1v) is 8.20. The maximum Gasteiger partial charge on any atom is 0.118 e. The summed E-state index contributed by atoms with van der Waals surface area (Å²) in [5, 5.41) is 0. The van der Waals surface area contributed by atoms with E-state index >= 15 is 0 Å². The Bertz CT molecular complexity index is 500. The van der Waals surface area contributed by atoms with E-state index < -0.39 is 0 Å². The Labute approximate surface area is 134 Å². The van der Waals surface area contributed by atoms with Crippen molar-refractivity contribution in [3.63, 3.8) is 0 Å². The number of fused-ring (bicyclic) bond motifs is 1. The molecule has 0 aliphatic carbocycles. The molecule has 0 saturated carbocycles. The summed E-state index contributed by atoms with van der Waals surface area (Å²) in [6, 6.07) is 8.93. The van der Waals surface area contributed by atoms with Crippen LogP contribution in [-0.4, -0.2) is 80.7 Å². The average Bonchev–Trinajstić information content (AvgIpc) is 2.55. The van der Waals surface area contributed by atoms with Crippen LogP contribution in [-0.2, 0) is 0 Å². The predicted octanol–water partition coefficient (Wildman–Crippen LogP) is 1.64. The third kappa shape index (κ3) is 3.88. The van der Waals surface area contributed by atoms with Gasteiger partial charge in [-0.1, -0.05) is 24.3 Å². The molecule has 0 spiro atoms. The first-order valence-electron chi connectivity index (χ1n) is 8.20. The summed E-state index contributed by atoms with van der Waals surface area (Å²) < 4.78 is 5.19. The van der Waals surface area contributed by atoms with Crippen LogP contribution in [0.25, 0.3) is 6.08 Å². The zero-order valence-electron chi connectivity index (χ0n) is 13.7. The van der Waals surface area contributed by atoms with Crippen LogP contribution in [0.1, 0.15) is 5.56 Å². The van der Waals surface area contributed by atoms with E-state index in [0.717, 1.165) is 12.3 Å². The summed E-state index contributed by atoms with van der Waals surface area (Å²) in [4.78, 5) is 7.68. The predicted molar refractivity (Wildman–Crippen MR) is 91.3 cm³/mol. The normalized spacial score (nSPS) is 24.5. The Morgan fingerprint density at radius 3 is 2.64 bits per heavy atom. The zero-order valence-corrected chi connectivity index (χ0v) is 13.7. The Balaban J connectivity index is 1.49. The molecule has 0 amide bonds. The quantitative estimate of drug-likeness (QED) is 0.841. The number of methoxy groups -OCH3 is 1. The van der Waals surface area contributed by atoms with Gasteiger partial charge < -0.3 is 9.64 Å². The summed E-state index contributed by atoms with van der Waals surface area (Å²) in [7, 11) is 3.94. The lowest BCUT2D eigenvalue weighted by Gasteiger charge is -2.46. The number of nitrogens with zero attached hydrogens (tertiary/aromatic N) is 3. The fourth-order valence-electron chi connectivity index (χ4n) is 3.39. The van der Waals surface area contributed by atoms with Crippen molar-refractivity contribution in [2.24, 2.45) is 0 Å². The summed E-state index contributed by atoms with van der Waals surface area (Å²) in [6.45, 7) is 8.29. The van der Waals surface area contributed by atoms with E-state index in [0.29, 0.717) is 6.04 Å². The molecule has 1 aromatic carbocycles. The Kier molecular flexibility index (Phi) is 5.13. The third-order valence-electron chi connectivity index (χ3n) is 4.77. The molecule has 1 atom stereocenters. The van der Waals surface area contributed by atoms with Crippen LogP contribution < -0.4 is 4.74 Å². The molecular weight excluding hydrogens is 274 g/mol. The van der Waals surface area contributed by atoms with E-state index in [1.54, 1.807) is 7.11 Å². The van der Waals surface area contributed by atoms with Gasteiger partial charge in [-0.15, -0.1) is 0 Å². The lowest BCUT2D eigenvalue weighted by atomic mass is 10.1. The summed E-state index contributed by atoms with van der Waals surface area (Å²) >= 11 is 0. The average molecular weight is 301 g/mol. The van der Waals surface area contributed by atoms with E-state index in [1.165, 1.54) is 44.8 Å². The number of hydrogen-bond acceptors (Lipinski definition) is 4. The molecule has 2 aliphatic rings. The summed E-state index contributed by atoms with van der Waals surface area (Å²) in [5.41, 5.74) is 1.23. The van der Waals surface area contributed by atoms with Crippen LogP contribution in [0, 0.1) is 0 Å². The van der Waals surface area contributed by atoms with Crippen LogP contribution in [0.5, 0.6) is 5.75 Å². The molecule has 2 saturated heterocycles. The van der Waals surface area contributed by atoms with Crippen molar-refractivity contribution in [3.05, 3.63) is 35.9 Å². The second-order valence-corrected chi connectivity index (χ2v) is 6.39. The fourth-order valence-corrected chi connectivity index (χ4v) is 3.39. The molecule has 1 aromatic rings. The van der Waals surface area contributed by atoms with Gasteiger partial charge in [-0.3, -0.25) is 9.80 Å². The highest BCUT2D eigenvalue weighted by Gasteiger charge is 2.30. The standard InChI is InChI=1S/C18H27N3O/c1-19-10-12-21-13-11-20(15-17(21)14-19)9-3-4-16-5-7-18(22-2)8-6-16/h3-8,17H,9-15H2,1-2H3/b4-3+. The van der Waals surface area contributed by atoms with Gasteiger partial charge in [0.1, 0.15) is 5.75 Å². The Morgan fingerprint density at radius 1 is 1.09 bits per heavy atom. The van der Waals surface area contributed by atoms with Gasteiger partial charge >= 0.3 is 0 Å². The van der Waals surface area contributed by atoms with E-state index in [2.05, 4.69) is 46.0 Å². The molecule has 0 aromatic heterocycles. The zero-order chi connectivity index (χ0) is 15.4. The van der Waals surface area contributed by atoms with Gasteiger partial charge in [-0.05, 0) is 24.7 Å². The topological polar surface area (TPSA) is 19.0 Å². The number of likely N-dealkylation sites (N-methyl/N-ethyl adjacent to an activating group) is 1. The molecule has 22 heavy (non-hydrogen) atoms. The van der Waals surface area contributed by atoms with E-state index in [1.807, 2.05) is 12.1 Å². The summed E-state index contributed by atoms with van der Waals surface area (Å²) in [5.74, 6) is 0.912. The second-order valence-electron chi connectivity index (χ2n) is 6.39. The van der Waals surface area contributed by atoms with Gasteiger partial charge in [-0.25, -0.2) is 0 Å². The Hall–Kier alpha value is -1.36. The monoisotopic (exact) mass is 301 g/mol. The highest BCUT2D eigenvalue weighted by Crippen LogP contribution is 2.15. The molecule has 0 bridgehead atoms. The van der Waals surface area contributed by atoms with Crippen LogP contribution in [0.15, 0.2) is 30.3 Å². The van der Waals surface area contributed by atoms with Gasteiger partial charge in [0, 0.05) is 51.9 Å². The van der Waals surface area contributed by atoms with Crippen molar-refractivity contribution in [1.82, 2.24) is 14.7 Å². The van der Waals surface area contributed by atoms with Gasteiger partial charge in [0.25, 0.3) is 0 Å². The first kappa shape index (κ1) is 15.5. The van der Waals surface area contributed by atoms with E-state index in [4.69, 9.17) is 4.74 Å². The highest BCUT2D eigenvalue weighted by atomic mass is 16.5. The van der Waals surface area contributed by atoms with Crippen molar-refractivity contribution in [2.45, 2.75) is 6.04 Å². The second kappa shape index (κ2) is 7.27. The van der Waals surface area contributed by atoms with Crippen LogP contribution in [0.4, 0.5) is 0 Å². The summed E-state index contributed by atoms with van der Waals surface area (Å²) in [6.07, 6.45) is 4.49. The fraction of sp³-hybridized carbons (Fsp3) is 0.556. The lowest BCUT2D eigenvalue weighted by molar-refractivity contribution is 0.0246. The van der Waals surface area contributed by atoms with Crippen LogP contribution >= 0.6 is 0 Å². The van der Waals surface area contributed by atoms with Crippen molar-refractivity contribution in [2.75, 3.05) is 60.0 Å². The highest BCUT2D eigenvalue weighted by molar-refractivity contribution is 5.50. The maximum atomic E-state index is 5.19. The van der Waals surface area contributed by atoms with Crippen LogP contribution in [0.2, 0.25) is 0 Å². The molecule has 120 valence electrons. The third-order valence-corrected chi connectivity index (χ3v) is 4.77. The van der Waals surface area contributed by atoms with Crippen molar-refractivity contribution in [3.8, 4) is 5.75 Å². The first-order chi connectivity index (χ1) is 10.7. The number of benzene rings is 1. The van der Waals surface area contributed by atoms with E-state index in [-0.39, 0.29) is 0 Å². The van der Waals surface area contributed by atoms with Crippen LogP contribution in [0.3, 0.4) is 0 Å². The number of hydrogen-bond donors (Lipinski definition) is 0. The molecule has 4 heteroatoms. The minimum Gasteiger partial charge on any atom is -0.497 e. The SMILES string of the molecule is COc1ccc(/C=C/CN2CCN3CCN(C)CC3C2)cc1. The molecule has 2 heterocycles. The number of rotatable bonds is 4. The smallest absolute Gasteiger partial charge is 0.118 e. The molecule has 1 unspecified atom stereocenters. The molecule has 0 N–H and O–H groups in total. The minimum atomic E-state index is 0.710. The van der Waals surface area contributed by atoms with Crippen molar-refractivity contribution < 1.29 is 4.74 Å². The van der Waals surface area contributed by atoms with Crippen molar-refractivity contribution in [1.29, 1.82) is 0 Å². The van der Waals surface area contributed by atoms with Gasteiger partial charge in [-0.2, -0.15) is 0 Å². The Morgan fingerprint density at radius 2 is 1.86 bits per heavy atom. The molecule has 4 nitrogen and oxygen atoms in total. The molecular formula is C18H27N3O. The molecule has 0 radical (unpaired) electrons. The van der Waals surface area contributed by atoms with Gasteiger partial charge in [0.2, 0.25) is 0 Å². The minimum absolute atomic E-state index is 0.710. The van der Waals surface area contributed by atoms with Gasteiger partial charge in [0.05, 0.1) is 7.11 Å². The maximum absolute atomic E-state index is 5.19. The number of piperazine rings is 2. The number of ether oxygens (including phenoxy) is 1. The molecule has 2 aliphatic heterocycles. The lowest BCUT2D eigenvalue weighted by Crippen LogP contribution is -2.61. The molecule has 2 fully saturated rings. The largest absolute Gasteiger partial charge is 0.497 e. The molecule has 3 rings (SSSR count). The van der Waals surface area contributed by atoms with Crippen molar-refractivity contribution >= 4 is 6.08 Å². The van der Waals surface area contributed by atoms with E-state index in [9.17, 15) is 0 Å². The van der Waals surface area contributed by atoms with Gasteiger partial charge in [0.15, 0.2) is 0 Å².